The highest BCUT2D eigenvalue weighted by Gasteiger charge is 2.31. The van der Waals surface area contributed by atoms with Crippen LogP contribution in [0.1, 0.15) is 174 Å². The van der Waals surface area contributed by atoms with Crippen molar-refractivity contribution in [3.05, 3.63) is 357 Å². The third-order valence-electron chi connectivity index (χ3n) is 23.3. The summed E-state index contributed by atoms with van der Waals surface area (Å²) < 4.78 is 54.4. The zero-order valence-electron chi connectivity index (χ0n) is 85.3. The zero-order valence-corrected chi connectivity index (χ0v) is 88.5. The van der Waals surface area contributed by atoms with Gasteiger partial charge in [0, 0.05) is 58.1 Å². The Bertz CT molecular complexity index is 8210. The van der Waals surface area contributed by atoms with Gasteiger partial charge in [-0.15, -0.1) is 23.5 Å². The van der Waals surface area contributed by atoms with Crippen molar-refractivity contribution in [2.24, 2.45) is 0 Å². The molecule has 0 aliphatic rings. The summed E-state index contributed by atoms with van der Waals surface area (Å²) in [5.74, 6) is 1.44. The molecule has 0 unspecified atom stereocenters. The first-order valence-electron chi connectivity index (χ1n) is 47.8. The number of nitrogens with zero attached hydrogens (tertiary/aromatic N) is 20. The minimum Gasteiger partial charge on any atom is -0.476 e. The molecule has 10 aromatic carbocycles. The molecule has 0 radical (unpaired) electrons. The predicted molar refractivity (Wildman–Crippen MR) is 580 cm³/mol. The van der Waals surface area contributed by atoms with E-state index < -0.39 is 29.8 Å². The van der Waals surface area contributed by atoms with E-state index in [0.29, 0.717) is 75.3 Å². The van der Waals surface area contributed by atoms with Crippen molar-refractivity contribution in [2.45, 2.75) is 115 Å². The molecule has 37 heteroatoms. The summed E-state index contributed by atoms with van der Waals surface area (Å²) in [4.78, 5) is 84.1. The van der Waals surface area contributed by atoms with Crippen LogP contribution >= 0.6 is 46.6 Å². The number of carbonyl (C=O) groups is 5. The Kier molecular flexibility index (Phi) is 34.1. The van der Waals surface area contributed by atoms with Gasteiger partial charge in [0.15, 0.2) is 40.1 Å². The Morgan fingerprint density at radius 3 is 0.900 bits per heavy atom. The highest BCUT2D eigenvalue weighted by molar-refractivity contribution is 7.98. The van der Waals surface area contributed by atoms with Crippen LogP contribution in [-0.4, -0.2) is 171 Å². The molecule has 33 nitrogen and oxygen atoms in total. The molecule has 0 fully saturated rings. The van der Waals surface area contributed by atoms with Crippen LogP contribution < -0.4 is 0 Å². The van der Waals surface area contributed by atoms with Gasteiger partial charge in [-0.25, -0.2) is 57.3 Å². The van der Waals surface area contributed by atoms with E-state index in [1.807, 2.05) is 291 Å². The van der Waals surface area contributed by atoms with Crippen LogP contribution in [-0.2, 0) is 18.9 Å². The van der Waals surface area contributed by atoms with Gasteiger partial charge < -0.3 is 37.6 Å². The maximum Gasteiger partial charge on any atom is 0.359 e. The second-order valence-corrected chi connectivity index (χ2v) is 38.6. The molecular formula is C113H106N20O13S4. The van der Waals surface area contributed by atoms with E-state index in [2.05, 4.69) is 123 Å². The van der Waals surface area contributed by atoms with E-state index in [9.17, 15) is 29.1 Å². The molecule has 0 saturated carbocycles. The number of methoxy groups -OCH3 is 1. The third kappa shape index (κ3) is 24.9. The lowest BCUT2D eigenvalue weighted by Gasteiger charge is -2.14. The summed E-state index contributed by atoms with van der Waals surface area (Å²) >= 11 is 5.46. The Morgan fingerprint density at radius 1 is 0.327 bits per heavy atom. The number of ether oxygens (including phenoxy) is 4. The molecule has 10 aromatic heterocycles. The largest absolute Gasteiger partial charge is 0.476 e. The SMILES string of the molecule is CCOC(=O)c1cc(-c2noc(-c3cccc(C)c3)n2)n(-c2ccccc2C(C)C)n1.COC(=O)c1cc(-c2noc(-c3cccc(C)c3)n2)n(-c2ccccc2C)n1.CSCOC(=O)c1cc(-c2noc(-c3cccc(C)c3)n2)n(-c2ccccc2C(C)C)n1.CSCOC(=O)c1cc(-c2nsc(-c3cccc(C)c3)n2)n(-c2ccccc2C)n1.Cc1cccc(-c2nc(-c3cc(C(=O)O)nn3-c3ccccc3C(C)C)ns2)c1. The molecule has 20 aromatic rings. The fourth-order valence-corrected chi connectivity index (χ4v) is 17.8. The number of aryl methyl sites for hydroxylation is 7. The molecule has 0 bridgehead atoms. The van der Waals surface area contributed by atoms with Crippen molar-refractivity contribution in [1.82, 2.24) is 98.0 Å². The first-order valence-corrected chi connectivity index (χ1v) is 52.1. The van der Waals surface area contributed by atoms with E-state index in [4.69, 9.17) is 37.5 Å². The maximum atomic E-state index is 12.5. The maximum absolute atomic E-state index is 12.5. The van der Waals surface area contributed by atoms with Crippen molar-refractivity contribution in [1.29, 1.82) is 0 Å². The molecule has 20 rings (SSSR count). The lowest BCUT2D eigenvalue weighted by molar-refractivity contribution is 0.0515. The number of benzene rings is 10. The molecule has 0 aliphatic carbocycles. The topological polar surface area (TPSA) is 400 Å². The summed E-state index contributed by atoms with van der Waals surface area (Å²) in [6, 6.07) is 87.1. The molecule has 0 atom stereocenters. The molecule has 1 N–H and O–H groups in total. The number of hydrogen-bond acceptors (Lipinski definition) is 31. The van der Waals surface area contributed by atoms with Gasteiger partial charge in [-0.05, 0) is 215 Å². The Hall–Kier alpha value is -17.2. The van der Waals surface area contributed by atoms with Gasteiger partial charge in [-0.1, -0.05) is 249 Å². The molecular weight excluding hydrogens is 1970 g/mol. The summed E-state index contributed by atoms with van der Waals surface area (Å²) in [6.45, 7) is 28.7. The molecule has 0 saturated heterocycles. The van der Waals surface area contributed by atoms with Crippen molar-refractivity contribution in [2.75, 3.05) is 38.1 Å². The standard InChI is InChI=1S/C24H24N4O3S.C24H24N4O3.C22H20N4O2S2.C22H20N4O2S.C21H18N4O3/c1-15(2)18-10-5-6-11-20(18)28-21(13-19(26-28)24(29)30-14-32-4)22-25-23(31-27-22)17-9-7-8-16(3)12-17;1-5-30-24(29)19-14-21(28(26-19)20-12-7-6-11-18(20)15(2)3)22-25-23(31-27-22)17-10-8-9-16(4)13-17;1-14-7-6-9-16(11-14)21-23-20(25-30-21)19-12-17(22(27)28-13-29-3)24-26(19)18-10-5-4-8-15(18)2;1-13(2)16-9-4-5-10-18(16)26-19(12-17(24-26)22(27)28)20-23-21(29-25-20)15-8-6-7-14(3)11-15;1-13-7-6-9-15(11-13)20-22-19(24-28-20)18-12-16(21(26)27-3)23-25(18)17-10-5-4-8-14(17)2/h5-13,15H,14H2,1-4H3;6-15H,5H2,1-4H3;4-12H,13H2,1-3H3;4-13H,1-3H3,(H,27,28);4-12H,1-3H3. The van der Waals surface area contributed by atoms with E-state index in [1.165, 1.54) is 59.8 Å². The number of carboxylic acid groups (broad SMARTS) is 1. The highest BCUT2D eigenvalue weighted by Crippen LogP contribution is 2.38. The molecule has 0 aliphatic heterocycles. The van der Waals surface area contributed by atoms with Crippen molar-refractivity contribution in [3.8, 4) is 142 Å². The lowest BCUT2D eigenvalue weighted by Crippen LogP contribution is -2.08. The van der Waals surface area contributed by atoms with Crippen LogP contribution in [0.4, 0.5) is 0 Å². The second-order valence-electron chi connectivity index (χ2n) is 35.5. The van der Waals surface area contributed by atoms with Gasteiger partial charge in [-0.2, -0.15) is 49.2 Å². The van der Waals surface area contributed by atoms with Crippen LogP contribution in [0.5, 0.6) is 0 Å². The number of carbonyl (C=O) groups excluding carboxylic acids is 4. The lowest BCUT2D eigenvalue weighted by atomic mass is 10.0. The van der Waals surface area contributed by atoms with Crippen LogP contribution in [0.3, 0.4) is 0 Å². The average Bonchev–Trinajstić information content (AvgIpc) is 1.67. The second kappa shape index (κ2) is 48.4. The quantitative estimate of drug-likeness (QED) is 0.0270. The highest BCUT2D eigenvalue weighted by atomic mass is 32.2. The first-order chi connectivity index (χ1) is 72.5. The minimum absolute atomic E-state index is 0.0366. The Labute approximate surface area is 881 Å². The first kappa shape index (κ1) is 106. The van der Waals surface area contributed by atoms with Crippen molar-refractivity contribution >= 4 is 76.4 Å². The molecule has 0 spiro atoms. The summed E-state index contributed by atoms with van der Waals surface area (Å²) in [6.07, 6.45) is 3.74. The monoisotopic (exact) mass is 2080 g/mol. The van der Waals surface area contributed by atoms with Gasteiger partial charge in [0.05, 0.1) is 42.2 Å². The summed E-state index contributed by atoms with van der Waals surface area (Å²) in [5.41, 5.74) is 23.2. The van der Waals surface area contributed by atoms with E-state index in [1.54, 1.807) is 54.6 Å². The van der Waals surface area contributed by atoms with Gasteiger partial charge in [0.2, 0.25) is 17.5 Å². The van der Waals surface area contributed by atoms with Crippen molar-refractivity contribution < 1.29 is 61.6 Å². The third-order valence-corrected chi connectivity index (χ3v) is 25.6. The number of rotatable bonds is 28. The molecule has 150 heavy (non-hydrogen) atoms. The number of aromatic nitrogens is 20. The number of carboxylic acids is 1. The molecule has 10 heterocycles. The van der Waals surface area contributed by atoms with Crippen LogP contribution in [0.25, 0.3) is 142 Å². The number of aromatic carboxylic acids is 1. The average molecular weight is 2080 g/mol. The van der Waals surface area contributed by atoms with Crippen LogP contribution in [0, 0.1) is 48.5 Å². The minimum atomic E-state index is -1.08. The molecule has 760 valence electrons. The van der Waals surface area contributed by atoms with E-state index in [-0.39, 0.29) is 64.7 Å². The number of thioether (sulfide) groups is 2. The Balaban J connectivity index is 0.000000134. The number of para-hydroxylation sites is 5. The van der Waals surface area contributed by atoms with E-state index in [0.717, 1.165) is 122 Å². The normalized spacial score (nSPS) is 11.0. The van der Waals surface area contributed by atoms with Gasteiger partial charge >= 0.3 is 29.8 Å². The fraction of sp³-hybridized carbons (Fsp3) is 0.204. The van der Waals surface area contributed by atoms with Gasteiger partial charge in [0.25, 0.3) is 17.7 Å². The van der Waals surface area contributed by atoms with Crippen LogP contribution in [0.15, 0.2) is 287 Å². The zero-order chi connectivity index (χ0) is 106. The molecule has 0 amide bonds. The number of esters is 4. The van der Waals surface area contributed by atoms with Crippen LogP contribution in [0.2, 0.25) is 0 Å². The Morgan fingerprint density at radius 2 is 0.600 bits per heavy atom. The van der Waals surface area contributed by atoms with Gasteiger partial charge in [-0.3, -0.25) is 0 Å². The van der Waals surface area contributed by atoms with Gasteiger partial charge in [0.1, 0.15) is 50.4 Å². The number of hydrogen-bond donors (Lipinski definition) is 1. The fourth-order valence-electron chi connectivity index (χ4n) is 16.0. The van der Waals surface area contributed by atoms with E-state index >= 15 is 0 Å². The smallest absolute Gasteiger partial charge is 0.359 e. The predicted octanol–water partition coefficient (Wildman–Crippen LogP) is 25.0. The summed E-state index contributed by atoms with van der Waals surface area (Å²) in [5, 5.41) is 45.9. The summed E-state index contributed by atoms with van der Waals surface area (Å²) in [7, 11) is 1.32. The van der Waals surface area contributed by atoms with Crippen molar-refractivity contribution in [3.63, 3.8) is 0 Å².